The Bertz CT molecular complexity index is 1130. The van der Waals surface area contributed by atoms with Crippen LogP contribution in [0.2, 0.25) is 0 Å². The number of anilines is 1. The predicted octanol–water partition coefficient (Wildman–Crippen LogP) is 6.30. The molecule has 0 radical (unpaired) electrons. The van der Waals surface area contributed by atoms with Gasteiger partial charge in [0.05, 0.1) is 16.1 Å². The van der Waals surface area contributed by atoms with E-state index in [0.717, 1.165) is 16.8 Å². The molecule has 2 aliphatic heterocycles. The summed E-state index contributed by atoms with van der Waals surface area (Å²) in [5, 5.41) is 3.49. The number of thioether (sulfide) groups is 1. The number of para-hydroxylation sites is 1. The van der Waals surface area contributed by atoms with Crippen LogP contribution in [0, 0.1) is 6.92 Å². The first-order chi connectivity index (χ1) is 14.7. The Hall–Kier alpha value is -2.79. The lowest BCUT2D eigenvalue weighted by atomic mass is 9.86. The average molecular weight is 432 g/mol. The number of carbonyl (C=O) groups excluding carboxylic acids is 1. The first kappa shape index (κ1) is 21.4. The van der Waals surface area contributed by atoms with Crippen molar-refractivity contribution in [3.63, 3.8) is 0 Å². The lowest BCUT2D eigenvalue weighted by Crippen LogP contribution is -2.49. The minimum atomic E-state index is -0.103. The molecule has 0 unspecified atom stereocenters. The molecule has 0 aromatic heterocycles. The second-order valence-electron chi connectivity index (χ2n) is 8.99. The van der Waals surface area contributed by atoms with Crippen LogP contribution in [-0.4, -0.2) is 22.7 Å². The summed E-state index contributed by atoms with van der Waals surface area (Å²) in [5.74, 6) is -0.103. The summed E-state index contributed by atoms with van der Waals surface area (Å²) < 4.78 is 0. The zero-order chi connectivity index (χ0) is 22.3. The van der Waals surface area contributed by atoms with Crippen LogP contribution in [0.3, 0.4) is 0 Å². The van der Waals surface area contributed by atoms with Gasteiger partial charge in [-0.1, -0.05) is 24.3 Å². The first-order valence-corrected chi connectivity index (χ1v) is 11.5. The van der Waals surface area contributed by atoms with Gasteiger partial charge in [-0.15, -0.1) is 0 Å². The Labute approximate surface area is 189 Å². The van der Waals surface area contributed by atoms with E-state index in [2.05, 4.69) is 75.0 Å². The number of nitrogens with one attached hydrogen (secondary N) is 1. The molecular formula is C26H29N3OS. The minimum Gasteiger partial charge on any atom is -0.360 e. The Morgan fingerprint density at radius 3 is 2.52 bits per heavy atom. The molecule has 5 heteroatoms. The number of allylic oxidation sites excluding steroid dienone is 1. The maximum Gasteiger partial charge on any atom is 0.264 e. The van der Waals surface area contributed by atoms with Crippen molar-refractivity contribution in [1.82, 2.24) is 5.32 Å². The lowest BCUT2D eigenvalue weighted by Gasteiger charge is -2.46. The Morgan fingerprint density at radius 2 is 1.84 bits per heavy atom. The Kier molecular flexibility index (Phi) is 5.56. The fraction of sp³-hybridized carbons (Fsp3) is 0.308. The summed E-state index contributed by atoms with van der Waals surface area (Å²) in [5.41, 5.74) is 6.76. The SMILES string of the molecule is CC1=CC(C)(C)N(C(C)C)c2cc(C)c(/C=C3\SC(=Nc4ccccc4)NC3=O)cc21. The van der Waals surface area contributed by atoms with Crippen LogP contribution in [0.5, 0.6) is 0 Å². The Balaban J connectivity index is 1.71. The standard InChI is InChI=1S/C26H29N3OS/c1-16(2)29-22-12-17(3)19(13-21(22)18(4)15-26(29,5)6)14-23-24(30)28-25(31-23)27-20-10-8-7-9-11-20/h7-16H,1-6H3,(H,27,28,30)/b23-14-. The summed E-state index contributed by atoms with van der Waals surface area (Å²) in [6.45, 7) is 13.3. The molecule has 2 heterocycles. The second kappa shape index (κ2) is 8.04. The van der Waals surface area contributed by atoms with E-state index in [9.17, 15) is 4.79 Å². The van der Waals surface area contributed by atoms with Gasteiger partial charge < -0.3 is 10.2 Å². The average Bonchev–Trinajstić information content (AvgIpc) is 3.01. The number of amides is 1. The van der Waals surface area contributed by atoms with Crippen molar-refractivity contribution >= 4 is 45.9 Å². The highest BCUT2D eigenvalue weighted by Crippen LogP contribution is 2.42. The van der Waals surface area contributed by atoms with Gasteiger partial charge in [-0.05, 0) is 100 Å². The van der Waals surface area contributed by atoms with Gasteiger partial charge in [0.1, 0.15) is 0 Å². The van der Waals surface area contributed by atoms with Crippen molar-refractivity contribution in [2.24, 2.45) is 4.99 Å². The second-order valence-corrected chi connectivity index (χ2v) is 10.0. The van der Waals surface area contributed by atoms with Crippen molar-refractivity contribution in [3.05, 3.63) is 70.1 Å². The summed E-state index contributed by atoms with van der Waals surface area (Å²) in [6.07, 6.45) is 4.32. The highest BCUT2D eigenvalue weighted by Gasteiger charge is 2.33. The summed E-state index contributed by atoms with van der Waals surface area (Å²) >= 11 is 1.39. The van der Waals surface area contributed by atoms with E-state index in [0.29, 0.717) is 16.1 Å². The van der Waals surface area contributed by atoms with Crippen molar-refractivity contribution < 1.29 is 4.79 Å². The smallest absolute Gasteiger partial charge is 0.264 e. The fourth-order valence-corrected chi connectivity index (χ4v) is 5.39. The predicted molar refractivity (Wildman–Crippen MR) is 134 cm³/mol. The number of aliphatic imine (C=N–C) groups is 1. The highest BCUT2D eigenvalue weighted by molar-refractivity contribution is 8.18. The molecule has 0 bridgehead atoms. The van der Waals surface area contributed by atoms with Crippen LogP contribution < -0.4 is 10.2 Å². The number of amidine groups is 1. The number of nitrogens with zero attached hydrogens (tertiary/aromatic N) is 2. The molecule has 2 aliphatic rings. The third kappa shape index (κ3) is 4.19. The van der Waals surface area contributed by atoms with Crippen molar-refractivity contribution in [2.45, 2.75) is 53.1 Å². The minimum absolute atomic E-state index is 0.0400. The molecule has 0 saturated carbocycles. The van der Waals surface area contributed by atoms with Crippen LogP contribution in [0.15, 0.2) is 58.4 Å². The van der Waals surface area contributed by atoms with Crippen LogP contribution in [0.25, 0.3) is 11.6 Å². The molecule has 1 fully saturated rings. The fourth-order valence-electron chi connectivity index (χ4n) is 4.55. The molecule has 0 atom stereocenters. The van der Waals surface area contributed by atoms with Crippen LogP contribution in [0.4, 0.5) is 11.4 Å². The van der Waals surface area contributed by atoms with E-state index < -0.39 is 0 Å². The number of hydrogen-bond acceptors (Lipinski definition) is 4. The zero-order valence-corrected chi connectivity index (χ0v) is 19.8. The number of aryl methyl sites for hydroxylation is 1. The maximum absolute atomic E-state index is 12.6. The number of rotatable bonds is 3. The number of benzene rings is 2. The molecule has 0 spiro atoms. The van der Waals surface area contributed by atoms with E-state index in [1.54, 1.807) is 0 Å². The topological polar surface area (TPSA) is 44.7 Å². The van der Waals surface area contributed by atoms with E-state index in [4.69, 9.17) is 0 Å². The molecule has 4 rings (SSSR count). The molecule has 1 saturated heterocycles. The third-order valence-corrected chi connectivity index (χ3v) is 6.61. The molecule has 2 aromatic rings. The number of hydrogen-bond donors (Lipinski definition) is 1. The lowest BCUT2D eigenvalue weighted by molar-refractivity contribution is -0.115. The molecule has 160 valence electrons. The summed E-state index contributed by atoms with van der Waals surface area (Å²) in [4.78, 5) is 20.2. The largest absolute Gasteiger partial charge is 0.360 e. The van der Waals surface area contributed by atoms with Gasteiger partial charge in [0.2, 0.25) is 0 Å². The van der Waals surface area contributed by atoms with E-state index in [-0.39, 0.29) is 11.4 Å². The normalized spacial score (nSPS) is 20.3. The molecule has 1 amide bonds. The Morgan fingerprint density at radius 1 is 1.13 bits per heavy atom. The van der Waals surface area contributed by atoms with Crippen LogP contribution in [0.1, 0.15) is 51.3 Å². The first-order valence-electron chi connectivity index (χ1n) is 10.6. The molecular weight excluding hydrogens is 402 g/mol. The highest BCUT2D eigenvalue weighted by atomic mass is 32.2. The number of fused-ring (bicyclic) bond motifs is 1. The van der Waals surface area contributed by atoms with E-state index in [1.165, 1.54) is 28.6 Å². The molecule has 4 nitrogen and oxygen atoms in total. The van der Waals surface area contributed by atoms with Crippen molar-refractivity contribution in [2.75, 3.05) is 4.90 Å². The van der Waals surface area contributed by atoms with Gasteiger partial charge >= 0.3 is 0 Å². The maximum atomic E-state index is 12.6. The number of carbonyl (C=O) groups is 1. The monoisotopic (exact) mass is 431 g/mol. The molecule has 0 aliphatic carbocycles. The quantitative estimate of drug-likeness (QED) is 0.580. The summed E-state index contributed by atoms with van der Waals surface area (Å²) in [6, 6.07) is 14.5. The van der Waals surface area contributed by atoms with E-state index in [1.807, 2.05) is 36.4 Å². The third-order valence-electron chi connectivity index (χ3n) is 5.70. The van der Waals surface area contributed by atoms with Gasteiger partial charge in [0, 0.05) is 17.3 Å². The van der Waals surface area contributed by atoms with Gasteiger partial charge in [-0.3, -0.25) is 4.79 Å². The van der Waals surface area contributed by atoms with Gasteiger partial charge in [0.25, 0.3) is 5.91 Å². The van der Waals surface area contributed by atoms with Crippen LogP contribution >= 0.6 is 11.8 Å². The van der Waals surface area contributed by atoms with Crippen molar-refractivity contribution in [1.29, 1.82) is 0 Å². The van der Waals surface area contributed by atoms with Crippen LogP contribution in [-0.2, 0) is 4.79 Å². The van der Waals surface area contributed by atoms with E-state index >= 15 is 0 Å². The summed E-state index contributed by atoms with van der Waals surface area (Å²) in [7, 11) is 0. The molecule has 31 heavy (non-hydrogen) atoms. The van der Waals surface area contributed by atoms with Crippen molar-refractivity contribution in [3.8, 4) is 0 Å². The zero-order valence-electron chi connectivity index (χ0n) is 19.0. The van der Waals surface area contributed by atoms with Gasteiger partial charge in [-0.2, -0.15) is 0 Å². The van der Waals surface area contributed by atoms with Gasteiger partial charge in [-0.25, -0.2) is 4.99 Å². The molecule has 1 N–H and O–H groups in total. The van der Waals surface area contributed by atoms with Gasteiger partial charge in [0.15, 0.2) is 5.17 Å². The molecule has 2 aromatic carbocycles.